The molecular weight excluding hydrogens is 196 g/mol. The Balaban J connectivity index is 2.85. The van der Waals surface area contributed by atoms with Crippen molar-refractivity contribution < 1.29 is 0 Å². The van der Waals surface area contributed by atoms with Crippen molar-refractivity contribution in [3.8, 4) is 6.07 Å². The minimum atomic E-state index is 0.290. The van der Waals surface area contributed by atoms with Gasteiger partial charge in [-0.25, -0.2) is 15.0 Å². The molecule has 2 rings (SSSR count). The predicted octanol–water partition coefficient (Wildman–Crippen LogP) is 1.61. The first-order chi connectivity index (χ1) is 5.81. The van der Waals surface area contributed by atoms with Gasteiger partial charge in [-0.15, -0.1) is 0 Å². The van der Waals surface area contributed by atoms with Crippen LogP contribution < -0.4 is 0 Å². The SMILES string of the molecule is N#Cc1nc2c(Cl)ncnc2s1. The van der Waals surface area contributed by atoms with Gasteiger partial charge in [0.05, 0.1) is 0 Å². The molecule has 58 valence electrons. The van der Waals surface area contributed by atoms with Gasteiger partial charge in [-0.3, -0.25) is 0 Å². The highest BCUT2D eigenvalue weighted by Crippen LogP contribution is 2.23. The Bertz CT molecular complexity index is 472. The van der Waals surface area contributed by atoms with Gasteiger partial charge in [0.15, 0.2) is 10.2 Å². The van der Waals surface area contributed by atoms with Gasteiger partial charge in [0.2, 0.25) is 0 Å². The van der Waals surface area contributed by atoms with Gasteiger partial charge in [0.25, 0.3) is 0 Å². The van der Waals surface area contributed by atoms with Crippen LogP contribution in [0.2, 0.25) is 5.15 Å². The Hall–Kier alpha value is -1.25. The Morgan fingerprint density at radius 3 is 3.00 bits per heavy atom. The summed E-state index contributed by atoms with van der Waals surface area (Å²) in [6.45, 7) is 0. The summed E-state index contributed by atoms with van der Waals surface area (Å²) in [4.78, 5) is 12.2. The molecule has 2 aromatic rings. The molecule has 0 spiro atoms. The van der Waals surface area contributed by atoms with Gasteiger partial charge in [-0.05, 0) is 0 Å². The van der Waals surface area contributed by atoms with Gasteiger partial charge in [-0.2, -0.15) is 5.26 Å². The fourth-order valence-electron chi connectivity index (χ4n) is 0.775. The van der Waals surface area contributed by atoms with Crippen LogP contribution in [0, 0.1) is 11.3 Å². The summed E-state index contributed by atoms with van der Waals surface area (Å²) >= 11 is 6.91. The van der Waals surface area contributed by atoms with E-state index in [1.54, 1.807) is 0 Å². The van der Waals surface area contributed by atoms with Crippen LogP contribution in [0.4, 0.5) is 0 Å². The molecule has 12 heavy (non-hydrogen) atoms. The number of halogens is 1. The molecule has 0 fully saturated rings. The third-order valence-corrected chi connectivity index (χ3v) is 2.39. The minimum absolute atomic E-state index is 0.290. The normalized spacial score (nSPS) is 10.0. The first-order valence-electron chi connectivity index (χ1n) is 2.98. The zero-order valence-electron chi connectivity index (χ0n) is 5.65. The summed E-state index contributed by atoms with van der Waals surface area (Å²) in [5.41, 5.74) is 0.501. The fourth-order valence-corrected chi connectivity index (χ4v) is 1.71. The lowest BCUT2D eigenvalue weighted by Gasteiger charge is -1.86. The summed E-state index contributed by atoms with van der Waals surface area (Å²) in [6, 6.07) is 1.92. The highest BCUT2D eigenvalue weighted by molar-refractivity contribution is 7.18. The number of aromatic nitrogens is 3. The maximum absolute atomic E-state index is 8.54. The van der Waals surface area contributed by atoms with E-state index in [1.807, 2.05) is 6.07 Å². The van der Waals surface area contributed by atoms with Crippen molar-refractivity contribution in [2.24, 2.45) is 0 Å². The average molecular weight is 197 g/mol. The topological polar surface area (TPSA) is 62.5 Å². The highest BCUT2D eigenvalue weighted by Gasteiger charge is 2.07. The van der Waals surface area contributed by atoms with E-state index >= 15 is 0 Å². The van der Waals surface area contributed by atoms with E-state index in [-0.39, 0.29) is 5.15 Å². The number of hydrogen-bond donors (Lipinski definition) is 0. The largest absolute Gasteiger partial charge is 0.224 e. The lowest BCUT2D eigenvalue weighted by atomic mass is 10.6. The molecule has 0 aliphatic carbocycles. The molecule has 0 radical (unpaired) electrons. The van der Waals surface area contributed by atoms with E-state index in [2.05, 4.69) is 15.0 Å². The van der Waals surface area contributed by atoms with Crippen molar-refractivity contribution in [1.29, 1.82) is 5.26 Å². The number of fused-ring (bicyclic) bond motifs is 1. The Kier molecular flexibility index (Phi) is 1.64. The van der Waals surface area contributed by atoms with E-state index < -0.39 is 0 Å². The van der Waals surface area contributed by atoms with E-state index in [0.717, 1.165) is 0 Å². The van der Waals surface area contributed by atoms with E-state index in [9.17, 15) is 0 Å². The number of rotatable bonds is 0. The van der Waals surface area contributed by atoms with Crippen LogP contribution in [0.3, 0.4) is 0 Å². The molecule has 0 aromatic carbocycles. The van der Waals surface area contributed by atoms with Crippen LogP contribution in [0.1, 0.15) is 5.01 Å². The number of thiazole rings is 1. The summed E-state index contributed by atoms with van der Waals surface area (Å²) in [7, 11) is 0. The number of nitriles is 1. The summed E-state index contributed by atoms with van der Waals surface area (Å²) in [5, 5.41) is 9.18. The Morgan fingerprint density at radius 1 is 1.50 bits per heavy atom. The maximum Gasteiger partial charge on any atom is 0.197 e. The molecule has 2 aromatic heterocycles. The molecule has 0 N–H and O–H groups in total. The molecule has 0 saturated heterocycles. The maximum atomic E-state index is 8.54. The molecule has 0 aliphatic heterocycles. The second-order valence-corrected chi connectivity index (χ2v) is 3.28. The van der Waals surface area contributed by atoms with Crippen LogP contribution >= 0.6 is 22.9 Å². The first-order valence-corrected chi connectivity index (χ1v) is 4.18. The number of hydrogen-bond acceptors (Lipinski definition) is 5. The monoisotopic (exact) mass is 196 g/mol. The Labute approximate surface area is 76.5 Å². The average Bonchev–Trinajstić information content (AvgIpc) is 2.49. The van der Waals surface area contributed by atoms with Crippen molar-refractivity contribution in [3.05, 3.63) is 16.5 Å². The van der Waals surface area contributed by atoms with Gasteiger partial charge in [0.1, 0.15) is 22.7 Å². The summed E-state index contributed by atoms with van der Waals surface area (Å²) < 4.78 is 0. The zero-order chi connectivity index (χ0) is 8.55. The highest BCUT2D eigenvalue weighted by atomic mass is 35.5. The van der Waals surface area contributed by atoms with Gasteiger partial charge >= 0.3 is 0 Å². The smallest absolute Gasteiger partial charge is 0.197 e. The van der Waals surface area contributed by atoms with Crippen molar-refractivity contribution in [1.82, 2.24) is 15.0 Å². The second-order valence-electron chi connectivity index (χ2n) is 1.95. The molecule has 0 atom stereocenters. The molecule has 2 heterocycles. The molecule has 0 amide bonds. The number of nitrogens with zero attached hydrogens (tertiary/aromatic N) is 4. The van der Waals surface area contributed by atoms with Crippen LogP contribution in [0.5, 0.6) is 0 Å². The summed E-state index contributed by atoms with van der Waals surface area (Å²) in [5.74, 6) is 0. The third-order valence-electron chi connectivity index (χ3n) is 1.25. The summed E-state index contributed by atoms with van der Waals surface area (Å²) in [6.07, 6.45) is 1.35. The van der Waals surface area contributed by atoms with Crippen molar-refractivity contribution in [3.63, 3.8) is 0 Å². The second kappa shape index (κ2) is 2.66. The molecule has 0 aliphatic rings. The van der Waals surface area contributed by atoms with Crippen LogP contribution in [-0.4, -0.2) is 15.0 Å². The van der Waals surface area contributed by atoms with Crippen LogP contribution in [0.25, 0.3) is 10.3 Å². The molecule has 0 saturated carbocycles. The van der Waals surface area contributed by atoms with Gasteiger partial charge < -0.3 is 0 Å². The van der Waals surface area contributed by atoms with Crippen molar-refractivity contribution >= 4 is 33.3 Å². The lowest BCUT2D eigenvalue weighted by Crippen LogP contribution is -1.79. The van der Waals surface area contributed by atoms with Crippen molar-refractivity contribution in [2.75, 3.05) is 0 Å². The first kappa shape index (κ1) is 7.40. The van der Waals surface area contributed by atoms with E-state index in [1.165, 1.54) is 17.7 Å². The van der Waals surface area contributed by atoms with E-state index in [4.69, 9.17) is 16.9 Å². The predicted molar refractivity (Wildman–Crippen MR) is 44.9 cm³/mol. The molecule has 6 heteroatoms. The van der Waals surface area contributed by atoms with Gasteiger partial charge in [0, 0.05) is 0 Å². The van der Waals surface area contributed by atoms with E-state index in [0.29, 0.717) is 15.4 Å². The molecule has 0 unspecified atom stereocenters. The lowest BCUT2D eigenvalue weighted by molar-refractivity contribution is 1.22. The van der Waals surface area contributed by atoms with Crippen LogP contribution in [0.15, 0.2) is 6.33 Å². The third kappa shape index (κ3) is 1.02. The fraction of sp³-hybridized carbons (Fsp3) is 0. The van der Waals surface area contributed by atoms with Gasteiger partial charge in [-0.1, -0.05) is 22.9 Å². The molecular formula is C6HClN4S. The van der Waals surface area contributed by atoms with Crippen molar-refractivity contribution in [2.45, 2.75) is 0 Å². The quantitative estimate of drug-likeness (QED) is 0.601. The zero-order valence-corrected chi connectivity index (χ0v) is 7.22. The standard InChI is InChI=1S/C6HClN4S/c7-5-4-6(10-2-9-5)12-3(1-8)11-4/h2H. The van der Waals surface area contributed by atoms with Crippen LogP contribution in [-0.2, 0) is 0 Å². The molecule has 0 bridgehead atoms. The molecule has 4 nitrogen and oxygen atoms in total. The Morgan fingerprint density at radius 2 is 2.33 bits per heavy atom. The minimum Gasteiger partial charge on any atom is -0.224 e.